The summed E-state index contributed by atoms with van der Waals surface area (Å²) in [4.78, 5) is 0. The second kappa shape index (κ2) is 31.1. The average molecular weight is 555 g/mol. The molecule has 0 spiro atoms. The Morgan fingerprint density at radius 3 is 0.833 bits per heavy atom. The molecule has 21 valence electrons. The first-order chi connectivity index (χ1) is 0. The summed E-state index contributed by atoms with van der Waals surface area (Å²) in [6.07, 6.45) is 0. The molecule has 0 aliphatic carbocycles. The van der Waals surface area contributed by atoms with E-state index in [1.165, 1.54) is 0 Å². The standard InChI is InChI=1S/Ba.Nb.Nd.Ti.2Zn.2H. The zero-order chi connectivity index (χ0) is 0. The molecule has 6 heavy (non-hydrogen) atoms. The Balaban J connectivity index is 0. The van der Waals surface area contributed by atoms with Crippen molar-refractivity contribution in [2.24, 2.45) is 0 Å². The van der Waals surface area contributed by atoms with Crippen LogP contribution in [0.4, 0.5) is 0 Å². The predicted molar refractivity (Wildman–Crippen MR) is 8.54 cm³/mol. The predicted octanol–water partition coefficient (Wildman–Crippen LogP) is -0.926. The van der Waals surface area contributed by atoms with Crippen LogP contribution in [0.3, 0.4) is 0 Å². The van der Waals surface area contributed by atoms with Crippen LogP contribution < -0.4 is 0 Å². The van der Waals surface area contributed by atoms with Crippen molar-refractivity contribution >= 4 is 48.9 Å². The summed E-state index contributed by atoms with van der Waals surface area (Å²) in [6.45, 7) is 0. The van der Waals surface area contributed by atoms with Crippen molar-refractivity contribution in [2.45, 2.75) is 0 Å². The van der Waals surface area contributed by atoms with Gasteiger partial charge in [0.15, 0.2) is 0 Å². The molecule has 0 saturated heterocycles. The van der Waals surface area contributed by atoms with Crippen LogP contribution in [0, 0.1) is 40.8 Å². The van der Waals surface area contributed by atoms with Gasteiger partial charge in [0.2, 0.25) is 0 Å². The van der Waals surface area contributed by atoms with Crippen molar-refractivity contribution < 1.29 is 124 Å². The number of hydrogen-bond acceptors (Lipinski definition) is 0. The van der Waals surface area contributed by atoms with Crippen LogP contribution in [0.5, 0.6) is 0 Å². The van der Waals surface area contributed by atoms with E-state index in [1.807, 2.05) is 0 Å². The molecule has 0 N–H and O–H groups in total. The molecule has 0 aliphatic rings. The molecule has 0 aromatic rings. The molecule has 0 nitrogen and oxygen atoms in total. The maximum atomic E-state index is 0. The molecule has 1 radical (unpaired) electrons. The van der Waals surface area contributed by atoms with E-state index < -0.39 is 0 Å². The van der Waals surface area contributed by atoms with E-state index in [4.69, 9.17) is 0 Å². The zero-order valence-electron chi connectivity index (χ0n) is 2.86. The van der Waals surface area contributed by atoms with Crippen molar-refractivity contribution in [3.05, 3.63) is 0 Å². The summed E-state index contributed by atoms with van der Waals surface area (Å²) in [5, 5.41) is 0. The monoisotopic (exact) mass is 551 g/mol. The Hall–Kier alpha value is 5.62. The third-order valence-corrected chi connectivity index (χ3v) is 0. The van der Waals surface area contributed by atoms with Crippen LogP contribution in [0.2, 0.25) is 0 Å². The van der Waals surface area contributed by atoms with Crippen LogP contribution >= 0.6 is 0 Å². The van der Waals surface area contributed by atoms with E-state index in [0.29, 0.717) is 0 Å². The Kier molecular flexibility index (Phi) is 215. The van der Waals surface area contributed by atoms with Crippen molar-refractivity contribution in [3.8, 4) is 0 Å². The molecule has 0 rings (SSSR count). The molecular weight excluding hydrogens is 553 g/mol. The van der Waals surface area contributed by atoms with Gasteiger partial charge in [-0.1, -0.05) is 0 Å². The molecule has 0 aromatic carbocycles. The summed E-state index contributed by atoms with van der Waals surface area (Å²) >= 11 is 0. The molecule has 0 aromatic heterocycles. The Bertz CT molecular complexity index is 13.5. The van der Waals surface area contributed by atoms with Gasteiger partial charge in [0.25, 0.3) is 0 Å². The normalized spacial score (nSPS) is 0. The van der Waals surface area contributed by atoms with Gasteiger partial charge in [-0.25, -0.2) is 0 Å². The summed E-state index contributed by atoms with van der Waals surface area (Å²) in [5.41, 5.74) is 0. The SMILES string of the molecule is [BaH2].[Nb].[Nd].[Ti].[Zn].[Zn]. The first-order valence-corrected chi connectivity index (χ1v) is 0. The molecular formula is H2BaNbNdTiZn2. The first kappa shape index (κ1) is 41.5. The van der Waals surface area contributed by atoms with E-state index in [9.17, 15) is 0 Å². The molecule has 0 unspecified atom stereocenters. The van der Waals surface area contributed by atoms with Gasteiger partial charge in [-0.15, -0.1) is 0 Å². The molecule has 0 heterocycles. The van der Waals surface area contributed by atoms with Crippen LogP contribution in [0.15, 0.2) is 0 Å². The van der Waals surface area contributed by atoms with Gasteiger partial charge in [-0.3, -0.25) is 0 Å². The van der Waals surface area contributed by atoms with Crippen molar-refractivity contribution in [1.29, 1.82) is 0 Å². The van der Waals surface area contributed by atoms with Crippen LogP contribution in [-0.4, -0.2) is 48.9 Å². The second-order valence-corrected chi connectivity index (χ2v) is 0. The van der Waals surface area contributed by atoms with Gasteiger partial charge in [0, 0.05) is 124 Å². The molecule has 0 saturated carbocycles. The summed E-state index contributed by atoms with van der Waals surface area (Å²) in [6, 6.07) is 0. The molecule has 0 aliphatic heterocycles. The van der Waals surface area contributed by atoms with Gasteiger partial charge in [-0.05, 0) is 0 Å². The topological polar surface area (TPSA) is 0 Å². The van der Waals surface area contributed by atoms with Crippen molar-refractivity contribution in [2.75, 3.05) is 0 Å². The van der Waals surface area contributed by atoms with E-state index >= 15 is 0 Å². The van der Waals surface area contributed by atoms with Crippen LogP contribution in [0.25, 0.3) is 0 Å². The maximum absolute atomic E-state index is 0. The van der Waals surface area contributed by atoms with Gasteiger partial charge in [0.05, 0.1) is 0 Å². The summed E-state index contributed by atoms with van der Waals surface area (Å²) in [7, 11) is 0. The van der Waals surface area contributed by atoms with E-state index in [2.05, 4.69) is 0 Å². The number of rotatable bonds is 0. The summed E-state index contributed by atoms with van der Waals surface area (Å²) in [5.74, 6) is 0. The molecule has 0 atom stereocenters. The first-order valence-electron chi connectivity index (χ1n) is 0. The fraction of sp³-hybridized carbons (Fsp3) is 0. The minimum absolute atomic E-state index is 0. The van der Waals surface area contributed by atoms with Gasteiger partial charge < -0.3 is 0 Å². The molecule has 0 bridgehead atoms. The Labute approximate surface area is 167 Å². The Morgan fingerprint density at radius 2 is 0.833 bits per heavy atom. The second-order valence-electron chi connectivity index (χ2n) is 0. The maximum Gasteiger partial charge on any atom is 0 e. The Morgan fingerprint density at radius 1 is 0.833 bits per heavy atom. The average Bonchev–Trinajstić information content (AvgIpc) is 0. The minimum atomic E-state index is 0. The molecule has 0 fully saturated rings. The van der Waals surface area contributed by atoms with Crippen LogP contribution in [-0.2, 0) is 83.1 Å². The zero-order valence-corrected chi connectivity index (χ0v) is 15.8. The third kappa shape index (κ3) is 22.6. The quantitative estimate of drug-likeness (QED) is 0.340. The van der Waals surface area contributed by atoms with Gasteiger partial charge in [0.1, 0.15) is 0 Å². The number of hydrogen-bond donors (Lipinski definition) is 0. The van der Waals surface area contributed by atoms with E-state index in [0.717, 1.165) is 0 Å². The van der Waals surface area contributed by atoms with Gasteiger partial charge in [-0.2, -0.15) is 0 Å². The minimum Gasteiger partial charge on any atom is 0 e. The van der Waals surface area contributed by atoms with Crippen LogP contribution in [0.1, 0.15) is 0 Å². The largest absolute Gasteiger partial charge is 0 e. The smallest absolute Gasteiger partial charge is 0 e. The fourth-order valence-electron chi connectivity index (χ4n) is 0. The molecule has 6 heteroatoms. The van der Waals surface area contributed by atoms with Crippen molar-refractivity contribution in [3.63, 3.8) is 0 Å². The molecule has 0 amide bonds. The van der Waals surface area contributed by atoms with Crippen molar-refractivity contribution in [1.82, 2.24) is 0 Å². The third-order valence-electron chi connectivity index (χ3n) is 0. The van der Waals surface area contributed by atoms with Gasteiger partial charge >= 0.3 is 48.9 Å². The fourth-order valence-corrected chi connectivity index (χ4v) is 0. The summed E-state index contributed by atoms with van der Waals surface area (Å²) < 4.78 is 0. The van der Waals surface area contributed by atoms with E-state index in [1.54, 1.807) is 0 Å². The van der Waals surface area contributed by atoms with E-state index in [-0.39, 0.29) is 173 Å².